The first-order valence-corrected chi connectivity index (χ1v) is 6.56. The number of carbonyl (C=O) groups excluding carboxylic acids is 2. The Morgan fingerprint density at radius 1 is 0.722 bits per heavy atom. The van der Waals surface area contributed by atoms with Crippen molar-refractivity contribution in [1.29, 1.82) is 0 Å². The van der Waals surface area contributed by atoms with Crippen molar-refractivity contribution < 1.29 is 9.59 Å². The van der Waals surface area contributed by atoms with Crippen LogP contribution < -0.4 is 0 Å². The standard InChI is InChI=1S/C12H22N4O2/c1-11(17)14-7-9-16(10-8-14)12(18)15-5-3-13(2)4-6-15/h3-10H2,1-2H3. The topological polar surface area (TPSA) is 47.1 Å². The van der Waals surface area contributed by atoms with Crippen molar-refractivity contribution in [2.24, 2.45) is 0 Å². The summed E-state index contributed by atoms with van der Waals surface area (Å²) >= 11 is 0. The monoisotopic (exact) mass is 254 g/mol. The summed E-state index contributed by atoms with van der Waals surface area (Å²) in [4.78, 5) is 31.3. The Balaban J connectivity index is 1.82. The van der Waals surface area contributed by atoms with Gasteiger partial charge in [-0.25, -0.2) is 4.79 Å². The van der Waals surface area contributed by atoms with Crippen LogP contribution in [0.25, 0.3) is 0 Å². The van der Waals surface area contributed by atoms with Crippen molar-refractivity contribution in [3.05, 3.63) is 0 Å². The van der Waals surface area contributed by atoms with Crippen LogP contribution in [0.4, 0.5) is 4.79 Å². The lowest BCUT2D eigenvalue weighted by Crippen LogP contribution is -2.56. The van der Waals surface area contributed by atoms with E-state index in [0.29, 0.717) is 26.2 Å². The number of carbonyl (C=O) groups is 2. The van der Waals surface area contributed by atoms with Crippen LogP contribution in [-0.2, 0) is 4.79 Å². The minimum atomic E-state index is 0.0988. The zero-order chi connectivity index (χ0) is 13.1. The molecular weight excluding hydrogens is 232 g/mol. The fraction of sp³-hybridized carbons (Fsp3) is 0.833. The molecule has 2 aliphatic rings. The van der Waals surface area contributed by atoms with Crippen LogP contribution in [0.3, 0.4) is 0 Å². The second kappa shape index (κ2) is 5.56. The van der Waals surface area contributed by atoms with Gasteiger partial charge in [-0.3, -0.25) is 4.79 Å². The Morgan fingerprint density at radius 2 is 1.11 bits per heavy atom. The lowest BCUT2D eigenvalue weighted by atomic mass is 10.3. The molecule has 0 saturated carbocycles. The van der Waals surface area contributed by atoms with Crippen LogP contribution in [0, 0.1) is 0 Å². The number of amides is 3. The van der Waals surface area contributed by atoms with Crippen molar-refractivity contribution in [3.8, 4) is 0 Å². The highest BCUT2D eigenvalue weighted by molar-refractivity contribution is 5.76. The van der Waals surface area contributed by atoms with Crippen molar-refractivity contribution in [2.75, 3.05) is 59.4 Å². The van der Waals surface area contributed by atoms with Crippen LogP contribution in [-0.4, -0.2) is 90.9 Å². The van der Waals surface area contributed by atoms with Crippen molar-refractivity contribution >= 4 is 11.9 Å². The predicted molar refractivity (Wildman–Crippen MR) is 68.3 cm³/mol. The fourth-order valence-corrected chi connectivity index (χ4v) is 2.41. The normalized spacial score (nSPS) is 22.2. The molecule has 0 unspecified atom stereocenters. The first kappa shape index (κ1) is 13.1. The lowest BCUT2D eigenvalue weighted by molar-refractivity contribution is -0.130. The summed E-state index contributed by atoms with van der Waals surface area (Å²) in [5, 5.41) is 0. The van der Waals surface area contributed by atoms with Gasteiger partial charge in [-0.05, 0) is 7.05 Å². The maximum Gasteiger partial charge on any atom is 0.320 e. The summed E-state index contributed by atoms with van der Waals surface area (Å²) in [6, 6.07) is 0.131. The zero-order valence-electron chi connectivity index (χ0n) is 11.3. The van der Waals surface area contributed by atoms with Gasteiger partial charge in [0.1, 0.15) is 0 Å². The molecule has 0 bridgehead atoms. The van der Waals surface area contributed by atoms with Gasteiger partial charge in [0.15, 0.2) is 0 Å². The number of urea groups is 1. The van der Waals surface area contributed by atoms with Gasteiger partial charge in [0.25, 0.3) is 0 Å². The average molecular weight is 254 g/mol. The summed E-state index contributed by atoms with van der Waals surface area (Å²) in [6.45, 7) is 7.72. The van der Waals surface area contributed by atoms with E-state index in [4.69, 9.17) is 0 Å². The molecule has 2 rings (SSSR count). The number of hydrogen-bond acceptors (Lipinski definition) is 3. The molecule has 0 N–H and O–H groups in total. The summed E-state index contributed by atoms with van der Waals surface area (Å²) in [5.41, 5.74) is 0. The Bertz CT molecular complexity index is 318. The molecule has 0 aliphatic carbocycles. The molecule has 0 atom stereocenters. The second-order valence-corrected chi connectivity index (χ2v) is 5.07. The Labute approximate surface area is 108 Å². The number of piperazine rings is 2. The first-order valence-electron chi connectivity index (χ1n) is 6.56. The molecule has 2 saturated heterocycles. The maximum absolute atomic E-state index is 12.3. The van der Waals surface area contributed by atoms with E-state index in [-0.39, 0.29) is 11.9 Å². The third-order valence-corrected chi connectivity index (χ3v) is 3.77. The molecule has 3 amide bonds. The molecule has 0 aromatic carbocycles. The summed E-state index contributed by atoms with van der Waals surface area (Å²) < 4.78 is 0. The largest absolute Gasteiger partial charge is 0.339 e. The third-order valence-electron chi connectivity index (χ3n) is 3.77. The van der Waals surface area contributed by atoms with E-state index in [2.05, 4.69) is 11.9 Å². The smallest absolute Gasteiger partial charge is 0.320 e. The third kappa shape index (κ3) is 2.93. The molecule has 2 aliphatic heterocycles. The van der Waals surface area contributed by atoms with E-state index in [1.54, 1.807) is 11.8 Å². The zero-order valence-corrected chi connectivity index (χ0v) is 11.3. The molecule has 0 radical (unpaired) electrons. The van der Waals surface area contributed by atoms with Crippen LogP contribution in [0.5, 0.6) is 0 Å². The Hall–Kier alpha value is -1.30. The number of rotatable bonds is 0. The van der Waals surface area contributed by atoms with Crippen LogP contribution in [0.1, 0.15) is 6.92 Å². The molecule has 2 fully saturated rings. The summed E-state index contributed by atoms with van der Waals surface area (Å²) in [6.07, 6.45) is 0. The van der Waals surface area contributed by atoms with Crippen molar-refractivity contribution in [2.45, 2.75) is 6.92 Å². The molecule has 2 heterocycles. The Morgan fingerprint density at radius 3 is 1.56 bits per heavy atom. The van der Waals surface area contributed by atoms with Gasteiger partial charge in [0, 0.05) is 59.3 Å². The van der Waals surface area contributed by atoms with E-state index >= 15 is 0 Å². The van der Waals surface area contributed by atoms with Gasteiger partial charge in [-0.15, -0.1) is 0 Å². The molecular formula is C12H22N4O2. The molecule has 0 spiro atoms. The lowest BCUT2D eigenvalue weighted by Gasteiger charge is -2.39. The van der Waals surface area contributed by atoms with Gasteiger partial charge < -0.3 is 19.6 Å². The molecule has 6 heteroatoms. The molecule has 0 aromatic rings. The number of nitrogens with zero attached hydrogens (tertiary/aromatic N) is 4. The SMILES string of the molecule is CC(=O)N1CCN(C(=O)N2CCN(C)CC2)CC1. The minimum Gasteiger partial charge on any atom is -0.339 e. The average Bonchev–Trinajstić information content (AvgIpc) is 2.39. The maximum atomic E-state index is 12.3. The van der Waals surface area contributed by atoms with E-state index in [9.17, 15) is 9.59 Å². The molecule has 0 aromatic heterocycles. The number of hydrogen-bond donors (Lipinski definition) is 0. The molecule has 6 nitrogen and oxygen atoms in total. The van der Waals surface area contributed by atoms with Gasteiger partial charge in [0.2, 0.25) is 5.91 Å². The van der Waals surface area contributed by atoms with E-state index in [1.165, 1.54) is 0 Å². The first-order chi connectivity index (χ1) is 8.58. The summed E-state index contributed by atoms with van der Waals surface area (Å²) in [5.74, 6) is 0.0988. The Kier molecular flexibility index (Phi) is 4.06. The van der Waals surface area contributed by atoms with Crippen molar-refractivity contribution in [1.82, 2.24) is 19.6 Å². The van der Waals surface area contributed by atoms with E-state index in [0.717, 1.165) is 26.2 Å². The van der Waals surface area contributed by atoms with Crippen LogP contribution in [0.15, 0.2) is 0 Å². The van der Waals surface area contributed by atoms with E-state index in [1.807, 2.05) is 9.80 Å². The highest BCUT2D eigenvalue weighted by Gasteiger charge is 2.27. The van der Waals surface area contributed by atoms with Crippen molar-refractivity contribution in [3.63, 3.8) is 0 Å². The summed E-state index contributed by atoms with van der Waals surface area (Å²) in [7, 11) is 2.08. The van der Waals surface area contributed by atoms with E-state index < -0.39 is 0 Å². The fourth-order valence-electron chi connectivity index (χ4n) is 2.41. The van der Waals surface area contributed by atoms with Gasteiger partial charge in [-0.1, -0.05) is 0 Å². The second-order valence-electron chi connectivity index (χ2n) is 5.07. The number of likely N-dealkylation sites (N-methyl/N-ethyl adjacent to an activating group) is 1. The van der Waals surface area contributed by atoms with Gasteiger partial charge in [-0.2, -0.15) is 0 Å². The quantitative estimate of drug-likeness (QED) is 0.586. The highest BCUT2D eigenvalue weighted by atomic mass is 16.2. The predicted octanol–water partition coefficient (Wildman–Crippen LogP) is -0.482. The van der Waals surface area contributed by atoms with Crippen LogP contribution >= 0.6 is 0 Å². The molecule has 18 heavy (non-hydrogen) atoms. The highest BCUT2D eigenvalue weighted by Crippen LogP contribution is 2.08. The van der Waals surface area contributed by atoms with Gasteiger partial charge in [0.05, 0.1) is 0 Å². The van der Waals surface area contributed by atoms with Crippen LogP contribution in [0.2, 0.25) is 0 Å². The van der Waals surface area contributed by atoms with Gasteiger partial charge >= 0.3 is 6.03 Å². The molecule has 102 valence electrons. The minimum absolute atomic E-state index is 0.0988.